The summed E-state index contributed by atoms with van der Waals surface area (Å²) in [7, 11) is -4.16. The Morgan fingerprint density at radius 2 is 1.96 bits per heavy atom. The number of nitrogens with zero attached hydrogens (tertiary/aromatic N) is 2. The van der Waals surface area contributed by atoms with E-state index in [9.17, 15) is 26.4 Å². The van der Waals surface area contributed by atoms with E-state index in [0.29, 0.717) is 18.3 Å². The fourth-order valence-electron chi connectivity index (χ4n) is 2.88. The number of aromatic nitrogens is 2. The van der Waals surface area contributed by atoms with Gasteiger partial charge in [0, 0.05) is 12.6 Å². The number of hydrogen-bond acceptors (Lipinski definition) is 5. The Labute approximate surface area is 147 Å². The van der Waals surface area contributed by atoms with Crippen molar-refractivity contribution in [1.29, 1.82) is 0 Å². The summed E-state index contributed by atoms with van der Waals surface area (Å²) in [5.74, 6) is 0. The monoisotopic (exact) mass is 387 g/mol. The van der Waals surface area contributed by atoms with Gasteiger partial charge in [-0.2, -0.15) is 23.0 Å². The Kier molecular flexibility index (Phi) is 4.65. The van der Waals surface area contributed by atoms with Gasteiger partial charge in [0.1, 0.15) is 0 Å². The number of alkyl halides is 3. The van der Waals surface area contributed by atoms with Gasteiger partial charge >= 0.3 is 6.18 Å². The summed E-state index contributed by atoms with van der Waals surface area (Å²) in [5, 5.41) is 5.85. The second kappa shape index (κ2) is 6.51. The van der Waals surface area contributed by atoms with Crippen LogP contribution in [-0.2, 0) is 16.0 Å². The fraction of sp³-hybridized carbons (Fsp3) is 0.375. The number of rotatable bonds is 3. The quantitative estimate of drug-likeness (QED) is 0.867. The highest BCUT2D eigenvalue weighted by atomic mass is 32.2. The average molecular weight is 387 g/mol. The maximum Gasteiger partial charge on any atom is 0.417 e. The lowest BCUT2D eigenvalue weighted by Crippen LogP contribution is -2.27. The molecule has 0 saturated carbocycles. The molecule has 6 nitrogen and oxygen atoms in total. The van der Waals surface area contributed by atoms with Crippen LogP contribution in [0.4, 0.5) is 13.2 Å². The van der Waals surface area contributed by atoms with Crippen molar-refractivity contribution in [1.82, 2.24) is 15.1 Å². The molecule has 1 atom stereocenters. The lowest BCUT2D eigenvalue weighted by molar-refractivity contribution is -0.139. The Morgan fingerprint density at radius 3 is 2.58 bits per heavy atom. The van der Waals surface area contributed by atoms with Gasteiger partial charge < -0.3 is 5.32 Å². The van der Waals surface area contributed by atoms with E-state index in [1.807, 2.05) is 0 Å². The third-order valence-electron chi connectivity index (χ3n) is 4.21. The van der Waals surface area contributed by atoms with E-state index in [2.05, 4.69) is 10.4 Å². The molecular formula is C16H16F3N3O3S. The average Bonchev–Trinajstić information content (AvgIpc) is 3.11. The second-order valence-corrected chi connectivity index (χ2v) is 8.26. The van der Waals surface area contributed by atoms with Crippen LogP contribution in [0.15, 0.2) is 40.0 Å². The summed E-state index contributed by atoms with van der Waals surface area (Å²) < 4.78 is 66.8. The molecule has 0 radical (unpaired) electrons. The highest BCUT2D eigenvalue weighted by Crippen LogP contribution is 2.37. The highest BCUT2D eigenvalue weighted by molar-refractivity contribution is 7.92. The SMILES string of the molecule is Cc1ccc(=O)n(-c2ccc(S(=O)(=O)C3CCNC3)c(C(F)(F)F)c2)n1. The molecule has 1 aromatic carbocycles. The lowest BCUT2D eigenvalue weighted by Gasteiger charge is -2.18. The summed E-state index contributed by atoms with van der Waals surface area (Å²) in [6, 6.07) is 5.35. The zero-order valence-corrected chi connectivity index (χ0v) is 14.6. The predicted molar refractivity (Wildman–Crippen MR) is 88.0 cm³/mol. The molecule has 2 aromatic rings. The van der Waals surface area contributed by atoms with Crippen molar-refractivity contribution in [3.05, 3.63) is 51.9 Å². The van der Waals surface area contributed by atoms with Crippen molar-refractivity contribution in [3.8, 4) is 5.69 Å². The minimum Gasteiger partial charge on any atom is -0.315 e. The molecule has 1 aliphatic rings. The van der Waals surface area contributed by atoms with E-state index in [4.69, 9.17) is 0 Å². The van der Waals surface area contributed by atoms with E-state index >= 15 is 0 Å². The van der Waals surface area contributed by atoms with Crippen molar-refractivity contribution in [3.63, 3.8) is 0 Å². The first-order valence-electron chi connectivity index (χ1n) is 7.84. The van der Waals surface area contributed by atoms with Crippen LogP contribution in [0.3, 0.4) is 0 Å². The number of benzene rings is 1. The zero-order chi connectivity index (χ0) is 19.1. The van der Waals surface area contributed by atoms with Crippen LogP contribution in [0.25, 0.3) is 5.69 Å². The van der Waals surface area contributed by atoms with Gasteiger partial charge in [0.2, 0.25) is 0 Å². The summed E-state index contributed by atoms with van der Waals surface area (Å²) >= 11 is 0. The Hall–Kier alpha value is -2.20. The number of halogens is 3. The maximum absolute atomic E-state index is 13.6. The van der Waals surface area contributed by atoms with Crippen LogP contribution in [0.5, 0.6) is 0 Å². The van der Waals surface area contributed by atoms with Crippen LogP contribution >= 0.6 is 0 Å². The molecule has 1 N–H and O–H groups in total. The summed E-state index contributed by atoms with van der Waals surface area (Å²) in [6.45, 7) is 2.14. The molecule has 0 aliphatic carbocycles. The molecule has 140 valence electrons. The van der Waals surface area contributed by atoms with Gasteiger partial charge in [-0.15, -0.1) is 0 Å². The van der Waals surface area contributed by atoms with Crippen LogP contribution in [0.2, 0.25) is 0 Å². The van der Waals surface area contributed by atoms with Gasteiger partial charge in [-0.3, -0.25) is 4.79 Å². The molecule has 3 rings (SSSR count). The standard InChI is InChI=1S/C16H16F3N3O3S/c1-10-2-5-15(23)22(21-10)11-3-4-14(13(8-11)16(17,18)19)26(24,25)12-6-7-20-9-12/h2-5,8,12,20H,6-7,9H2,1H3. The summed E-state index contributed by atoms with van der Waals surface area (Å²) in [5.41, 5.74) is -1.61. The molecule has 1 fully saturated rings. The third kappa shape index (κ3) is 3.38. The van der Waals surface area contributed by atoms with Gasteiger partial charge in [-0.25, -0.2) is 8.42 Å². The predicted octanol–water partition coefficient (Wildman–Crippen LogP) is 1.70. The van der Waals surface area contributed by atoms with Gasteiger partial charge in [-0.05, 0) is 44.2 Å². The summed E-state index contributed by atoms with van der Waals surface area (Å²) in [6.07, 6.45) is -4.64. The van der Waals surface area contributed by atoms with E-state index in [1.165, 1.54) is 18.2 Å². The summed E-state index contributed by atoms with van der Waals surface area (Å²) in [4.78, 5) is 11.1. The van der Waals surface area contributed by atoms with E-state index in [0.717, 1.165) is 10.7 Å². The molecule has 0 bridgehead atoms. The largest absolute Gasteiger partial charge is 0.417 e. The maximum atomic E-state index is 13.6. The molecule has 0 amide bonds. The number of sulfone groups is 1. The molecular weight excluding hydrogens is 371 g/mol. The molecule has 1 aliphatic heterocycles. The van der Waals surface area contributed by atoms with Crippen molar-refractivity contribution in [2.24, 2.45) is 0 Å². The van der Waals surface area contributed by atoms with Gasteiger partial charge in [-0.1, -0.05) is 0 Å². The first-order valence-corrected chi connectivity index (χ1v) is 9.38. The molecule has 10 heteroatoms. The normalized spacial score (nSPS) is 18.2. The minimum absolute atomic E-state index is 0.111. The Balaban J connectivity index is 2.19. The van der Waals surface area contributed by atoms with Gasteiger partial charge in [0.15, 0.2) is 9.84 Å². The van der Waals surface area contributed by atoms with Crippen LogP contribution in [-0.4, -0.2) is 36.5 Å². The molecule has 1 aromatic heterocycles. The van der Waals surface area contributed by atoms with Gasteiger partial charge in [0.05, 0.1) is 27.1 Å². The van der Waals surface area contributed by atoms with E-state index in [1.54, 1.807) is 6.92 Å². The molecule has 1 saturated heterocycles. The Bertz CT molecular complexity index is 994. The van der Waals surface area contributed by atoms with Crippen LogP contribution in [0.1, 0.15) is 17.7 Å². The topological polar surface area (TPSA) is 81.1 Å². The van der Waals surface area contributed by atoms with E-state index < -0.39 is 37.3 Å². The molecule has 0 spiro atoms. The molecule has 1 unspecified atom stereocenters. The first kappa shape index (κ1) is 18.6. The minimum atomic E-state index is -4.89. The number of aryl methyl sites for hydroxylation is 1. The lowest BCUT2D eigenvalue weighted by atomic mass is 10.2. The number of hydrogen-bond donors (Lipinski definition) is 1. The van der Waals surface area contributed by atoms with Crippen molar-refractivity contribution >= 4 is 9.84 Å². The smallest absolute Gasteiger partial charge is 0.315 e. The van der Waals surface area contributed by atoms with Crippen LogP contribution < -0.4 is 10.9 Å². The van der Waals surface area contributed by atoms with Crippen molar-refractivity contribution < 1.29 is 21.6 Å². The second-order valence-electron chi connectivity index (χ2n) is 6.06. The first-order chi connectivity index (χ1) is 12.1. The fourth-order valence-corrected chi connectivity index (χ4v) is 4.74. The van der Waals surface area contributed by atoms with E-state index in [-0.39, 0.29) is 18.7 Å². The van der Waals surface area contributed by atoms with Crippen molar-refractivity contribution in [2.75, 3.05) is 13.1 Å². The van der Waals surface area contributed by atoms with Crippen molar-refractivity contribution in [2.45, 2.75) is 29.7 Å². The Morgan fingerprint density at radius 1 is 1.23 bits per heavy atom. The van der Waals surface area contributed by atoms with Crippen LogP contribution in [0, 0.1) is 6.92 Å². The zero-order valence-electron chi connectivity index (χ0n) is 13.7. The highest BCUT2D eigenvalue weighted by Gasteiger charge is 2.40. The molecule has 2 heterocycles. The molecule has 26 heavy (non-hydrogen) atoms. The third-order valence-corrected chi connectivity index (χ3v) is 6.46. The van der Waals surface area contributed by atoms with Gasteiger partial charge in [0.25, 0.3) is 5.56 Å². The number of nitrogens with one attached hydrogen (secondary N) is 1.